The topological polar surface area (TPSA) is 3.24 Å². The Morgan fingerprint density at radius 3 is 1.26 bits per heavy atom. The third kappa shape index (κ3) is 3.89. The number of fused-ring (bicyclic) bond motifs is 10. The lowest BCUT2D eigenvalue weighted by Crippen LogP contribution is -2.22. The molecule has 47 heavy (non-hydrogen) atoms. The lowest BCUT2D eigenvalue weighted by Gasteiger charge is -2.31. The van der Waals surface area contributed by atoms with Crippen LogP contribution in [0.2, 0.25) is 0 Å². The van der Waals surface area contributed by atoms with E-state index < -0.39 is 0 Å². The highest BCUT2D eigenvalue weighted by atomic mass is 15.1. The molecule has 6 aromatic rings. The fraction of sp³-hybridized carbons (Fsp3) is 0.217. The van der Waals surface area contributed by atoms with Gasteiger partial charge in [-0.2, -0.15) is 0 Å². The van der Waals surface area contributed by atoms with Crippen LogP contribution in [0.1, 0.15) is 73.6 Å². The second-order valence-electron chi connectivity index (χ2n) is 14.4. The van der Waals surface area contributed by atoms with Crippen molar-refractivity contribution in [3.63, 3.8) is 0 Å². The Balaban J connectivity index is 1.16. The monoisotopic (exact) mass is 605 g/mol. The molecule has 0 amide bonds. The van der Waals surface area contributed by atoms with E-state index in [1.165, 1.54) is 113 Å². The number of hydrogen-bond acceptors (Lipinski definition) is 1. The van der Waals surface area contributed by atoms with Gasteiger partial charge in [-0.3, -0.25) is 0 Å². The molecular weight excluding hydrogens is 567 g/mol. The normalized spacial score (nSPS) is 17.4. The molecule has 0 aromatic heterocycles. The average molecular weight is 606 g/mol. The summed E-state index contributed by atoms with van der Waals surface area (Å²) < 4.78 is 0. The smallest absolute Gasteiger partial charge is 0.0465 e. The van der Waals surface area contributed by atoms with E-state index in [9.17, 15) is 0 Å². The Morgan fingerprint density at radius 2 is 0.745 bits per heavy atom. The zero-order chi connectivity index (χ0) is 31.0. The molecule has 0 radical (unpaired) electrons. The van der Waals surface area contributed by atoms with E-state index in [0.717, 1.165) is 0 Å². The van der Waals surface area contributed by atoms with Crippen molar-refractivity contribution in [1.29, 1.82) is 0 Å². The average Bonchev–Trinajstić information content (AvgIpc) is 3.94. The van der Waals surface area contributed by atoms with E-state index in [0.29, 0.717) is 0 Å². The van der Waals surface area contributed by atoms with Gasteiger partial charge in [0.05, 0.1) is 0 Å². The molecule has 2 fully saturated rings. The zero-order valence-electron chi connectivity index (χ0n) is 26.9. The van der Waals surface area contributed by atoms with E-state index >= 15 is 0 Å². The minimum absolute atomic E-state index is 0.137. The van der Waals surface area contributed by atoms with Crippen molar-refractivity contribution in [2.24, 2.45) is 0 Å². The highest BCUT2D eigenvalue weighted by molar-refractivity contribution is 5.89. The molecule has 4 aliphatic carbocycles. The van der Waals surface area contributed by atoms with Crippen LogP contribution < -0.4 is 4.90 Å². The van der Waals surface area contributed by atoms with Crippen LogP contribution in [-0.2, 0) is 10.8 Å². The van der Waals surface area contributed by atoms with Gasteiger partial charge in [0, 0.05) is 27.9 Å². The highest BCUT2D eigenvalue weighted by Gasteiger charge is 2.46. The van der Waals surface area contributed by atoms with Crippen molar-refractivity contribution in [3.05, 3.63) is 162 Å². The van der Waals surface area contributed by atoms with Crippen LogP contribution in [0.25, 0.3) is 33.4 Å². The first-order valence-corrected chi connectivity index (χ1v) is 17.7. The molecule has 0 heterocycles. The summed E-state index contributed by atoms with van der Waals surface area (Å²) >= 11 is 0. The molecule has 0 N–H and O–H groups in total. The Morgan fingerprint density at radius 1 is 0.340 bits per heavy atom. The molecule has 6 aromatic carbocycles. The lowest BCUT2D eigenvalue weighted by molar-refractivity contribution is 0.549. The van der Waals surface area contributed by atoms with Gasteiger partial charge in [0.15, 0.2) is 0 Å². The van der Waals surface area contributed by atoms with Gasteiger partial charge in [-0.15, -0.1) is 0 Å². The number of anilines is 3. The van der Waals surface area contributed by atoms with E-state index in [1.54, 1.807) is 11.1 Å². The molecule has 1 heteroatoms. The van der Waals surface area contributed by atoms with Crippen LogP contribution in [0.3, 0.4) is 0 Å². The summed E-state index contributed by atoms with van der Waals surface area (Å²) in [6.45, 7) is 0. The molecule has 0 atom stereocenters. The van der Waals surface area contributed by atoms with Crippen LogP contribution in [0, 0.1) is 0 Å². The van der Waals surface area contributed by atoms with Crippen LogP contribution in [-0.4, -0.2) is 0 Å². The Labute approximate surface area is 278 Å². The third-order valence-corrected chi connectivity index (χ3v) is 12.2. The second kappa shape index (κ2) is 10.3. The van der Waals surface area contributed by atoms with Gasteiger partial charge in [0.2, 0.25) is 0 Å². The van der Waals surface area contributed by atoms with Gasteiger partial charge in [0.1, 0.15) is 0 Å². The quantitative estimate of drug-likeness (QED) is 0.193. The molecule has 10 rings (SSSR count). The summed E-state index contributed by atoms with van der Waals surface area (Å²) in [5.41, 5.74) is 18.4. The summed E-state index contributed by atoms with van der Waals surface area (Å²) in [5.74, 6) is 0. The van der Waals surface area contributed by atoms with Gasteiger partial charge in [0.25, 0.3) is 0 Å². The van der Waals surface area contributed by atoms with Gasteiger partial charge < -0.3 is 4.90 Å². The largest absolute Gasteiger partial charge is 0.310 e. The van der Waals surface area contributed by atoms with E-state index in [1.807, 2.05) is 0 Å². The number of benzene rings is 6. The maximum Gasteiger partial charge on any atom is 0.0465 e. The Kier molecular flexibility index (Phi) is 5.98. The first kappa shape index (κ1) is 27.3. The fourth-order valence-corrected chi connectivity index (χ4v) is 10.1. The molecule has 2 spiro atoms. The molecule has 0 unspecified atom stereocenters. The van der Waals surface area contributed by atoms with E-state index in [4.69, 9.17) is 0 Å². The van der Waals surface area contributed by atoms with Crippen molar-refractivity contribution in [1.82, 2.24) is 0 Å². The zero-order valence-corrected chi connectivity index (χ0v) is 26.9. The van der Waals surface area contributed by atoms with Gasteiger partial charge in [-0.25, -0.2) is 0 Å². The van der Waals surface area contributed by atoms with Crippen molar-refractivity contribution in [2.45, 2.75) is 62.2 Å². The first-order valence-electron chi connectivity index (χ1n) is 17.7. The van der Waals surface area contributed by atoms with Crippen LogP contribution in [0.15, 0.2) is 140 Å². The van der Waals surface area contributed by atoms with Crippen molar-refractivity contribution in [3.8, 4) is 33.4 Å². The standard InChI is InChI=1S/C46H39N/c1-2-12-32(13-3-1)33-18-20-34(21-19-33)47(35-22-24-39-37-14-4-6-16-41(37)45(43(39)30-35)26-8-9-27-45)36-23-25-40-38-15-5-7-17-42(38)46(44(40)31-36)28-10-11-29-46/h1-7,12-25,30-31H,8-11,26-29H2. The SMILES string of the molecule is c1ccc(-c2ccc(N(c3ccc4c(c3)C3(CCCC3)c3ccccc3-4)c3ccc4c(c3)C3(CCCC3)c3ccccc3-4)cc2)cc1. The summed E-state index contributed by atoms with van der Waals surface area (Å²) in [6.07, 6.45) is 10.2. The second-order valence-corrected chi connectivity index (χ2v) is 14.4. The van der Waals surface area contributed by atoms with Gasteiger partial charge in [-0.1, -0.05) is 129 Å². The molecule has 2 saturated carbocycles. The molecule has 0 saturated heterocycles. The maximum atomic E-state index is 2.55. The Hall–Kier alpha value is -4.88. The van der Waals surface area contributed by atoms with E-state index in [2.05, 4.69) is 144 Å². The Bertz CT molecular complexity index is 2030. The summed E-state index contributed by atoms with van der Waals surface area (Å²) in [7, 11) is 0. The summed E-state index contributed by atoms with van der Waals surface area (Å²) in [6, 6.07) is 53.1. The minimum Gasteiger partial charge on any atom is -0.310 e. The number of hydrogen-bond donors (Lipinski definition) is 0. The van der Waals surface area contributed by atoms with Crippen molar-refractivity contribution in [2.75, 3.05) is 4.90 Å². The van der Waals surface area contributed by atoms with Crippen molar-refractivity contribution >= 4 is 17.1 Å². The summed E-state index contributed by atoms with van der Waals surface area (Å²) in [4.78, 5) is 2.53. The number of rotatable bonds is 4. The number of nitrogens with zero attached hydrogens (tertiary/aromatic N) is 1. The van der Waals surface area contributed by atoms with Gasteiger partial charge >= 0.3 is 0 Å². The third-order valence-electron chi connectivity index (χ3n) is 12.2. The lowest BCUT2D eigenvalue weighted by atomic mass is 9.76. The predicted molar refractivity (Wildman–Crippen MR) is 196 cm³/mol. The van der Waals surface area contributed by atoms with Crippen molar-refractivity contribution < 1.29 is 0 Å². The van der Waals surface area contributed by atoms with Gasteiger partial charge in [-0.05, 0) is 118 Å². The van der Waals surface area contributed by atoms with Crippen LogP contribution >= 0.6 is 0 Å². The maximum absolute atomic E-state index is 2.55. The molecule has 0 bridgehead atoms. The van der Waals surface area contributed by atoms with E-state index in [-0.39, 0.29) is 10.8 Å². The molecule has 4 aliphatic rings. The van der Waals surface area contributed by atoms with Crippen LogP contribution in [0.5, 0.6) is 0 Å². The molecule has 228 valence electrons. The fourth-order valence-electron chi connectivity index (χ4n) is 10.1. The first-order chi connectivity index (χ1) is 23.3. The molecular formula is C46H39N. The highest BCUT2D eigenvalue weighted by Crippen LogP contribution is 2.59. The summed E-state index contributed by atoms with van der Waals surface area (Å²) in [5, 5.41) is 0. The molecule has 1 nitrogen and oxygen atoms in total. The molecule has 0 aliphatic heterocycles. The van der Waals surface area contributed by atoms with Crippen LogP contribution in [0.4, 0.5) is 17.1 Å². The minimum atomic E-state index is 0.137. The predicted octanol–water partition coefficient (Wildman–Crippen LogP) is 12.5.